The van der Waals surface area contributed by atoms with Crippen LogP contribution in [0.25, 0.3) is 43.1 Å². The molecule has 392 valence electrons. The lowest BCUT2D eigenvalue weighted by Crippen LogP contribution is -2.05. The number of fused-ring (bicyclic) bond motifs is 8. The Balaban J connectivity index is 0.000000138. The summed E-state index contributed by atoms with van der Waals surface area (Å²) >= 11 is 15.4. The molecule has 0 unspecified atom stereocenters. The maximum absolute atomic E-state index is 2.38. The molecule has 4 nitrogen and oxygen atoms in total. The molecule has 4 aromatic heterocycles. The lowest BCUT2D eigenvalue weighted by atomic mass is 10.00. The van der Waals surface area contributed by atoms with Gasteiger partial charge in [-0.2, -0.15) is 0 Å². The minimum atomic E-state index is 0.286. The van der Waals surface area contributed by atoms with Crippen molar-refractivity contribution in [3.8, 4) is 0 Å². The van der Waals surface area contributed by atoms with E-state index in [1.807, 2.05) is 94.1 Å². The summed E-state index contributed by atoms with van der Waals surface area (Å²) in [4.78, 5) is 10.9. The normalized spacial score (nSPS) is 16.1. The first-order chi connectivity index (χ1) is 39.2. The Kier molecular flexibility index (Phi) is 13.5. The van der Waals surface area contributed by atoms with E-state index < -0.39 is 0 Å². The molecule has 0 aliphatic carbocycles. The molecule has 8 aromatic carbocycles. The van der Waals surface area contributed by atoms with Crippen molar-refractivity contribution < 1.29 is 0 Å². The Labute approximate surface area is 500 Å². The van der Waals surface area contributed by atoms with Crippen LogP contribution in [0.15, 0.2) is 276 Å². The quantitative estimate of drug-likeness (QED) is 0.148. The molecule has 8 heterocycles. The van der Waals surface area contributed by atoms with Gasteiger partial charge in [-0.15, -0.1) is 0 Å². The first-order valence-electron chi connectivity index (χ1n) is 26.9. The van der Waals surface area contributed by atoms with Gasteiger partial charge in [-0.05, 0) is 93.0 Å². The van der Waals surface area contributed by atoms with Gasteiger partial charge in [-0.25, -0.2) is 0 Å². The topological polar surface area (TPSA) is 19.7 Å². The summed E-state index contributed by atoms with van der Waals surface area (Å²) in [5.41, 5.74) is 5.49. The number of rotatable bonds is 8. The number of aromatic nitrogens is 4. The standard InChI is InChI=1S/2C34H26N2S4/c2*1-21(25-15-7-11-23-9-3-5-13-27(23)25)35-17-29-30(18-35)38-33(37-29)34-39-31-19-36(20-32(31)40-34)22(2)26-16-8-12-24-10-4-6-14-28(24)26/h2*3-22H,1-2H3/t2*21-,22-/m11/s1. The lowest BCUT2D eigenvalue weighted by molar-refractivity contribution is 0.643. The van der Waals surface area contributed by atoms with Gasteiger partial charge in [-0.3, -0.25) is 0 Å². The highest BCUT2D eigenvalue weighted by molar-refractivity contribution is 8.31. The molecule has 0 bridgehead atoms. The molecule has 16 rings (SSSR count). The summed E-state index contributed by atoms with van der Waals surface area (Å²) in [6.07, 6.45) is 18.7. The monoisotopic (exact) mass is 1180 g/mol. The first-order valence-corrected chi connectivity index (χ1v) is 33.5. The van der Waals surface area contributed by atoms with Crippen molar-refractivity contribution in [2.24, 2.45) is 0 Å². The molecule has 4 atom stereocenters. The molecule has 80 heavy (non-hydrogen) atoms. The third kappa shape index (κ3) is 9.32. The van der Waals surface area contributed by atoms with Crippen LogP contribution in [0.3, 0.4) is 0 Å². The van der Waals surface area contributed by atoms with Gasteiger partial charge < -0.3 is 18.3 Å². The molecule has 0 radical (unpaired) electrons. The van der Waals surface area contributed by atoms with Crippen LogP contribution in [0.5, 0.6) is 0 Å². The highest BCUT2D eigenvalue weighted by Gasteiger charge is 2.32. The maximum Gasteiger partial charge on any atom is 0.0707 e. The Morgan fingerprint density at radius 1 is 0.225 bits per heavy atom. The summed E-state index contributed by atoms with van der Waals surface area (Å²) in [6, 6.07) is 62.5. The number of thioether (sulfide) groups is 8. The average Bonchev–Trinajstić information content (AvgIpc) is 4.45. The Morgan fingerprint density at radius 3 is 0.600 bits per heavy atom. The van der Waals surface area contributed by atoms with E-state index in [1.165, 1.54) is 121 Å². The number of hydrogen-bond acceptors (Lipinski definition) is 8. The highest BCUT2D eigenvalue weighted by Crippen LogP contribution is 2.64. The van der Waals surface area contributed by atoms with Crippen molar-refractivity contribution in [2.75, 3.05) is 0 Å². The van der Waals surface area contributed by atoms with E-state index in [0.29, 0.717) is 0 Å². The molecular weight excluding hydrogens is 1130 g/mol. The van der Waals surface area contributed by atoms with Crippen LogP contribution in [0.4, 0.5) is 0 Å². The summed E-state index contributed by atoms with van der Waals surface area (Å²) < 4.78 is 15.2. The highest BCUT2D eigenvalue weighted by atomic mass is 32.2. The summed E-state index contributed by atoms with van der Waals surface area (Å²) in [5.74, 6) is 0. The van der Waals surface area contributed by atoms with Gasteiger partial charge in [0.15, 0.2) is 0 Å². The fourth-order valence-corrected chi connectivity index (χ4v) is 22.3. The predicted octanol–water partition coefficient (Wildman–Crippen LogP) is 22.1. The van der Waals surface area contributed by atoms with E-state index >= 15 is 0 Å². The second-order valence-corrected chi connectivity index (χ2v) is 30.1. The third-order valence-corrected chi connectivity index (χ3v) is 27.0. The smallest absolute Gasteiger partial charge is 0.0707 e. The van der Waals surface area contributed by atoms with Crippen LogP contribution in [0.1, 0.15) is 74.1 Å². The van der Waals surface area contributed by atoms with E-state index in [-0.39, 0.29) is 24.2 Å². The molecule has 0 N–H and O–H groups in total. The molecule has 4 aliphatic heterocycles. The predicted molar refractivity (Wildman–Crippen MR) is 350 cm³/mol. The number of hydrogen-bond donors (Lipinski definition) is 0. The third-order valence-electron chi connectivity index (χ3n) is 15.9. The minimum absolute atomic E-state index is 0.286. The Hall–Kier alpha value is -5.80. The molecule has 0 spiro atoms. The zero-order valence-corrected chi connectivity index (χ0v) is 50.7. The van der Waals surface area contributed by atoms with Crippen molar-refractivity contribution in [2.45, 2.75) is 91.0 Å². The average molecular weight is 1180 g/mol. The van der Waals surface area contributed by atoms with Gasteiger partial charge in [0, 0.05) is 88.7 Å². The van der Waals surface area contributed by atoms with Gasteiger partial charge in [0.25, 0.3) is 0 Å². The van der Waals surface area contributed by atoms with Crippen LogP contribution in [-0.4, -0.2) is 18.3 Å². The first kappa shape index (κ1) is 51.1. The molecule has 12 heteroatoms. The molecule has 0 saturated carbocycles. The molecule has 0 saturated heterocycles. The second kappa shape index (κ2) is 21.2. The largest absolute Gasteiger partial charge is 0.345 e. The van der Waals surface area contributed by atoms with Gasteiger partial charge in [0.2, 0.25) is 0 Å². The van der Waals surface area contributed by atoms with Gasteiger partial charge in [-0.1, -0.05) is 264 Å². The fraction of sp³-hybridized carbons (Fsp3) is 0.118. The molecule has 0 amide bonds. The summed E-state index contributed by atoms with van der Waals surface area (Å²) in [6.45, 7) is 9.22. The fourth-order valence-electron chi connectivity index (χ4n) is 11.6. The van der Waals surface area contributed by atoms with Crippen LogP contribution < -0.4 is 0 Å². The maximum atomic E-state index is 2.38. The Morgan fingerprint density at radius 2 is 0.400 bits per heavy atom. The Bertz CT molecular complexity index is 3810. The van der Waals surface area contributed by atoms with E-state index in [4.69, 9.17) is 0 Å². The molecule has 12 aromatic rings. The molecule has 4 aliphatic rings. The lowest BCUT2D eigenvalue weighted by Gasteiger charge is -2.17. The zero-order valence-electron chi connectivity index (χ0n) is 44.1. The SMILES string of the molecule is C[C@H](c1cccc2ccccc12)n1cc2c(c1)SC(=C1Sc3cn([C@H](C)c4cccc5ccccc45)cc3S1)S2.C[C@H](c1cccc2ccccc12)n1cc2c(c1)SC(=C1Sc3cn([C@H](C)c4cccc5ccccc45)cc3S1)S2. The van der Waals surface area contributed by atoms with Crippen molar-refractivity contribution in [3.63, 3.8) is 0 Å². The van der Waals surface area contributed by atoms with Crippen molar-refractivity contribution in [1.82, 2.24) is 18.3 Å². The van der Waals surface area contributed by atoms with E-state index in [1.54, 1.807) is 0 Å². The van der Waals surface area contributed by atoms with Crippen molar-refractivity contribution >= 4 is 137 Å². The van der Waals surface area contributed by atoms with Gasteiger partial charge >= 0.3 is 0 Å². The number of benzene rings is 8. The van der Waals surface area contributed by atoms with E-state index in [0.717, 1.165) is 0 Å². The van der Waals surface area contributed by atoms with Crippen LogP contribution in [0, 0.1) is 0 Å². The van der Waals surface area contributed by atoms with Crippen molar-refractivity contribution in [1.29, 1.82) is 0 Å². The second-order valence-electron chi connectivity index (χ2n) is 20.7. The van der Waals surface area contributed by atoms with E-state index in [9.17, 15) is 0 Å². The van der Waals surface area contributed by atoms with E-state index in [2.05, 4.69) is 265 Å². The summed E-state index contributed by atoms with van der Waals surface area (Å²) in [5, 5.41) is 10.6. The minimum Gasteiger partial charge on any atom is -0.345 e. The van der Waals surface area contributed by atoms with Crippen LogP contribution in [-0.2, 0) is 0 Å². The zero-order chi connectivity index (χ0) is 53.6. The molecule has 0 fully saturated rings. The summed E-state index contributed by atoms with van der Waals surface area (Å²) in [7, 11) is 0. The molecular formula is C68H52N4S8. The van der Waals surface area contributed by atoms with Crippen molar-refractivity contribution in [3.05, 3.63) is 259 Å². The van der Waals surface area contributed by atoms with Crippen LogP contribution >= 0.6 is 94.1 Å². The van der Waals surface area contributed by atoms with Crippen LogP contribution in [0.2, 0.25) is 0 Å². The number of nitrogens with zero attached hydrogens (tertiary/aromatic N) is 4. The van der Waals surface area contributed by atoms with Gasteiger partial charge in [0.05, 0.1) is 41.1 Å². The van der Waals surface area contributed by atoms with Gasteiger partial charge in [0.1, 0.15) is 0 Å².